The summed E-state index contributed by atoms with van der Waals surface area (Å²) in [5, 5.41) is 6.47. The number of carbonyl (C=O) groups excluding carboxylic acids is 1. The van der Waals surface area contributed by atoms with Crippen LogP contribution in [0.2, 0.25) is 5.02 Å². The second-order valence-corrected chi connectivity index (χ2v) is 6.11. The molecule has 2 heterocycles. The van der Waals surface area contributed by atoms with Crippen molar-refractivity contribution in [2.45, 2.75) is 25.4 Å². The maximum absolute atomic E-state index is 11.3. The van der Waals surface area contributed by atoms with E-state index in [-0.39, 0.29) is 5.97 Å². The second kappa shape index (κ2) is 5.07. The third kappa shape index (κ3) is 2.51. The second-order valence-electron chi connectivity index (χ2n) is 4.85. The fourth-order valence-electron chi connectivity index (χ4n) is 2.13. The van der Waals surface area contributed by atoms with Crippen molar-refractivity contribution in [3.63, 3.8) is 0 Å². The summed E-state index contributed by atoms with van der Waals surface area (Å²) in [6, 6.07) is 7.49. The van der Waals surface area contributed by atoms with Crippen LogP contribution in [0.3, 0.4) is 0 Å². The molecule has 6 heteroatoms. The molecule has 1 atom stereocenters. The molecule has 20 heavy (non-hydrogen) atoms. The van der Waals surface area contributed by atoms with Crippen LogP contribution in [0.25, 0.3) is 0 Å². The molecule has 1 saturated heterocycles. The van der Waals surface area contributed by atoms with Crippen LogP contribution in [-0.2, 0) is 15.1 Å². The highest BCUT2D eigenvalue weighted by Crippen LogP contribution is 2.38. The normalized spacial score (nSPS) is 21.8. The summed E-state index contributed by atoms with van der Waals surface area (Å²) in [6.45, 7) is 1.90. The van der Waals surface area contributed by atoms with Gasteiger partial charge in [-0.1, -0.05) is 23.7 Å². The molecule has 0 saturated carbocycles. The lowest BCUT2D eigenvalue weighted by Gasteiger charge is -2.19. The van der Waals surface area contributed by atoms with Gasteiger partial charge in [-0.3, -0.25) is 4.79 Å². The van der Waals surface area contributed by atoms with E-state index in [0.717, 1.165) is 16.5 Å². The van der Waals surface area contributed by atoms with Gasteiger partial charge >= 0.3 is 5.97 Å². The number of hydrogen-bond acceptors (Lipinski definition) is 5. The van der Waals surface area contributed by atoms with Crippen LogP contribution in [0.15, 0.2) is 29.6 Å². The van der Waals surface area contributed by atoms with Crippen molar-refractivity contribution in [1.29, 1.82) is 0 Å². The number of carbonyl (C=O) groups is 1. The molecule has 1 aromatic heterocycles. The monoisotopic (exact) mass is 308 g/mol. The van der Waals surface area contributed by atoms with E-state index in [9.17, 15) is 4.79 Å². The zero-order chi connectivity index (χ0) is 14.2. The predicted octanol–water partition coefficient (Wildman–Crippen LogP) is 4.09. The molecule has 104 valence electrons. The van der Waals surface area contributed by atoms with Gasteiger partial charge in [-0.05, 0) is 19.1 Å². The van der Waals surface area contributed by atoms with Gasteiger partial charge in [0.2, 0.25) is 0 Å². The minimum atomic E-state index is -0.603. The van der Waals surface area contributed by atoms with Crippen LogP contribution in [0, 0.1) is 0 Å². The fraction of sp³-hybridized carbons (Fsp3) is 0.286. The number of thiazole rings is 1. The van der Waals surface area contributed by atoms with Gasteiger partial charge in [0.1, 0.15) is 0 Å². The Morgan fingerprint density at radius 2 is 2.25 bits per heavy atom. The molecular formula is C14H13ClN2O2S. The first kappa shape index (κ1) is 13.4. The van der Waals surface area contributed by atoms with Gasteiger partial charge in [-0.25, -0.2) is 4.98 Å². The van der Waals surface area contributed by atoms with E-state index in [4.69, 9.17) is 16.3 Å². The molecule has 1 aromatic carbocycles. The van der Waals surface area contributed by atoms with E-state index < -0.39 is 5.60 Å². The Morgan fingerprint density at radius 3 is 2.95 bits per heavy atom. The standard InChI is InChI=1S/C14H13ClN2O2S/c1-14(7-6-12(18)19-14)11-8-20-13(17-11)16-10-5-3-2-4-9(10)15/h2-5,8H,6-7H2,1H3,(H,16,17). The molecule has 1 aliphatic rings. The Kier molecular flexibility index (Phi) is 3.40. The quantitative estimate of drug-likeness (QED) is 0.868. The van der Waals surface area contributed by atoms with E-state index in [1.165, 1.54) is 11.3 Å². The predicted molar refractivity (Wildman–Crippen MR) is 79.5 cm³/mol. The van der Waals surface area contributed by atoms with Gasteiger partial charge in [-0.15, -0.1) is 11.3 Å². The van der Waals surface area contributed by atoms with E-state index >= 15 is 0 Å². The van der Waals surface area contributed by atoms with Gasteiger partial charge in [0, 0.05) is 18.2 Å². The van der Waals surface area contributed by atoms with Crippen molar-refractivity contribution in [3.8, 4) is 0 Å². The van der Waals surface area contributed by atoms with Crippen molar-refractivity contribution in [2.24, 2.45) is 0 Å². The number of nitrogens with zero attached hydrogens (tertiary/aromatic N) is 1. The van der Waals surface area contributed by atoms with Gasteiger partial charge < -0.3 is 10.1 Å². The van der Waals surface area contributed by atoms with Crippen molar-refractivity contribution in [2.75, 3.05) is 5.32 Å². The lowest BCUT2D eigenvalue weighted by atomic mass is 10.00. The summed E-state index contributed by atoms with van der Waals surface area (Å²) in [4.78, 5) is 15.8. The molecule has 4 nitrogen and oxygen atoms in total. The highest BCUT2D eigenvalue weighted by Gasteiger charge is 2.39. The summed E-state index contributed by atoms with van der Waals surface area (Å²) in [6.07, 6.45) is 1.11. The summed E-state index contributed by atoms with van der Waals surface area (Å²) in [5.41, 5.74) is 0.986. The first-order valence-corrected chi connectivity index (χ1v) is 7.52. The smallest absolute Gasteiger partial charge is 0.306 e. The van der Waals surface area contributed by atoms with E-state index in [1.54, 1.807) is 0 Å². The molecule has 0 spiro atoms. The number of nitrogens with one attached hydrogen (secondary N) is 1. The molecular weight excluding hydrogens is 296 g/mol. The van der Waals surface area contributed by atoms with Gasteiger partial charge in [0.15, 0.2) is 10.7 Å². The van der Waals surface area contributed by atoms with Crippen molar-refractivity contribution in [3.05, 3.63) is 40.4 Å². The Hall–Kier alpha value is -1.59. The van der Waals surface area contributed by atoms with E-state index in [0.29, 0.717) is 17.9 Å². The number of rotatable bonds is 3. The topological polar surface area (TPSA) is 51.2 Å². The van der Waals surface area contributed by atoms with Gasteiger partial charge in [-0.2, -0.15) is 0 Å². The number of benzene rings is 1. The van der Waals surface area contributed by atoms with Crippen LogP contribution in [0.5, 0.6) is 0 Å². The number of halogens is 1. The van der Waals surface area contributed by atoms with Crippen molar-refractivity contribution in [1.82, 2.24) is 4.98 Å². The van der Waals surface area contributed by atoms with Crippen molar-refractivity contribution >= 4 is 39.7 Å². The SMILES string of the molecule is CC1(c2csc(Nc3ccccc3Cl)n2)CCC(=O)O1. The Bertz CT molecular complexity index is 658. The average Bonchev–Trinajstić information content (AvgIpc) is 3.01. The molecule has 1 aliphatic heterocycles. The molecule has 0 amide bonds. The maximum atomic E-state index is 11.3. The zero-order valence-electron chi connectivity index (χ0n) is 10.9. The van der Waals surface area contributed by atoms with Gasteiger partial charge in [0.25, 0.3) is 0 Å². The van der Waals surface area contributed by atoms with Crippen LogP contribution < -0.4 is 5.32 Å². The molecule has 1 unspecified atom stereocenters. The number of ether oxygens (including phenoxy) is 1. The third-order valence-corrected chi connectivity index (χ3v) is 4.39. The molecule has 1 N–H and O–H groups in total. The largest absolute Gasteiger partial charge is 0.453 e. The Labute approximate surface area is 125 Å². The third-order valence-electron chi connectivity index (χ3n) is 3.31. The van der Waals surface area contributed by atoms with Crippen molar-refractivity contribution < 1.29 is 9.53 Å². The maximum Gasteiger partial charge on any atom is 0.306 e. The number of hydrogen-bond donors (Lipinski definition) is 1. The van der Waals surface area contributed by atoms with Crippen LogP contribution >= 0.6 is 22.9 Å². The number of cyclic esters (lactones) is 1. The summed E-state index contributed by atoms with van der Waals surface area (Å²) in [7, 11) is 0. The van der Waals surface area contributed by atoms with Crippen LogP contribution in [0.1, 0.15) is 25.5 Å². The minimum absolute atomic E-state index is 0.166. The molecule has 1 fully saturated rings. The number of para-hydroxylation sites is 1. The molecule has 0 radical (unpaired) electrons. The average molecular weight is 309 g/mol. The highest BCUT2D eigenvalue weighted by atomic mass is 35.5. The van der Waals surface area contributed by atoms with E-state index in [1.807, 2.05) is 36.6 Å². The Balaban J connectivity index is 1.81. The lowest BCUT2D eigenvalue weighted by molar-refractivity contribution is -0.148. The first-order valence-electron chi connectivity index (χ1n) is 6.26. The van der Waals surface area contributed by atoms with Crippen LogP contribution in [-0.4, -0.2) is 11.0 Å². The fourth-order valence-corrected chi connectivity index (χ4v) is 3.15. The molecule has 0 bridgehead atoms. The lowest BCUT2D eigenvalue weighted by Crippen LogP contribution is -2.21. The minimum Gasteiger partial charge on any atom is -0.453 e. The summed E-state index contributed by atoms with van der Waals surface area (Å²) in [5.74, 6) is -0.166. The summed E-state index contributed by atoms with van der Waals surface area (Å²) >= 11 is 7.57. The number of esters is 1. The number of anilines is 2. The molecule has 3 rings (SSSR count). The molecule has 0 aliphatic carbocycles. The van der Waals surface area contributed by atoms with Gasteiger partial charge in [0.05, 0.1) is 16.4 Å². The number of aromatic nitrogens is 1. The first-order chi connectivity index (χ1) is 9.57. The van der Waals surface area contributed by atoms with E-state index in [2.05, 4.69) is 10.3 Å². The zero-order valence-corrected chi connectivity index (χ0v) is 12.4. The molecule has 2 aromatic rings. The van der Waals surface area contributed by atoms with Crippen LogP contribution in [0.4, 0.5) is 10.8 Å². The summed E-state index contributed by atoms with van der Waals surface area (Å²) < 4.78 is 5.37. The Morgan fingerprint density at radius 1 is 1.45 bits per heavy atom. The highest BCUT2D eigenvalue weighted by molar-refractivity contribution is 7.13.